The average Bonchev–Trinajstić information content (AvgIpc) is 2.38. The molecule has 1 fully saturated rings. The lowest BCUT2D eigenvalue weighted by molar-refractivity contribution is -0.130. The lowest BCUT2D eigenvalue weighted by Gasteiger charge is -2.27. The maximum atomic E-state index is 12.0. The van der Waals surface area contributed by atoms with Crippen LogP contribution in [0.15, 0.2) is 18.2 Å². The van der Waals surface area contributed by atoms with E-state index in [0.717, 1.165) is 40.9 Å². The van der Waals surface area contributed by atoms with Crippen LogP contribution in [-0.4, -0.2) is 30.4 Å². The molecule has 2 rings (SSSR count). The predicted molar refractivity (Wildman–Crippen MR) is 82.5 cm³/mol. The molecule has 98 valence electrons. The summed E-state index contributed by atoms with van der Waals surface area (Å²) < 4.78 is 1.04. The van der Waals surface area contributed by atoms with Crippen molar-refractivity contribution in [2.75, 3.05) is 30.7 Å². The summed E-state index contributed by atoms with van der Waals surface area (Å²) in [5.41, 5.74) is 7.40. The van der Waals surface area contributed by atoms with Crippen LogP contribution in [0.1, 0.15) is 19.3 Å². The van der Waals surface area contributed by atoms with Crippen molar-refractivity contribution >= 4 is 39.9 Å². The number of hydrogen-bond donors (Lipinski definition) is 2. The van der Waals surface area contributed by atoms with Crippen LogP contribution >= 0.6 is 22.6 Å². The third-order valence-electron chi connectivity index (χ3n) is 3.13. The number of hydrogen-bond acceptors (Lipinski definition) is 3. The second kappa shape index (κ2) is 6.26. The second-order valence-corrected chi connectivity index (χ2v) is 5.70. The first-order chi connectivity index (χ1) is 8.66. The van der Waals surface area contributed by atoms with Crippen molar-refractivity contribution in [1.29, 1.82) is 0 Å². The number of halogens is 1. The van der Waals surface area contributed by atoms with Crippen LogP contribution in [0.4, 0.5) is 11.4 Å². The number of piperidine rings is 1. The van der Waals surface area contributed by atoms with Crippen LogP contribution in [0, 0.1) is 3.57 Å². The van der Waals surface area contributed by atoms with Gasteiger partial charge in [-0.2, -0.15) is 0 Å². The SMILES string of the molecule is Nc1ccc(NCC(=O)N2CCCCC2)c(I)c1. The average molecular weight is 359 g/mol. The van der Waals surface area contributed by atoms with E-state index in [1.54, 1.807) is 0 Å². The molecule has 0 spiro atoms. The van der Waals surface area contributed by atoms with E-state index in [1.807, 2.05) is 23.1 Å². The van der Waals surface area contributed by atoms with E-state index in [0.29, 0.717) is 6.54 Å². The maximum absolute atomic E-state index is 12.0. The number of rotatable bonds is 3. The van der Waals surface area contributed by atoms with Crippen molar-refractivity contribution in [2.24, 2.45) is 0 Å². The van der Waals surface area contributed by atoms with Gasteiger partial charge in [-0.25, -0.2) is 0 Å². The van der Waals surface area contributed by atoms with Gasteiger partial charge in [-0.3, -0.25) is 4.79 Å². The Kier molecular flexibility index (Phi) is 4.68. The van der Waals surface area contributed by atoms with Crippen molar-refractivity contribution < 1.29 is 4.79 Å². The smallest absolute Gasteiger partial charge is 0.241 e. The number of nitrogens with zero attached hydrogens (tertiary/aromatic N) is 1. The van der Waals surface area contributed by atoms with E-state index in [2.05, 4.69) is 27.9 Å². The van der Waals surface area contributed by atoms with Crippen molar-refractivity contribution in [3.05, 3.63) is 21.8 Å². The highest BCUT2D eigenvalue weighted by Crippen LogP contribution is 2.20. The van der Waals surface area contributed by atoms with Crippen LogP contribution in [0.5, 0.6) is 0 Å². The van der Waals surface area contributed by atoms with Crippen LogP contribution in [0.2, 0.25) is 0 Å². The fourth-order valence-electron chi connectivity index (χ4n) is 2.10. The van der Waals surface area contributed by atoms with E-state index in [4.69, 9.17) is 5.73 Å². The molecule has 1 amide bonds. The molecule has 1 saturated heterocycles. The number of amides is 1. The Labute approximate surface area is 121 Å². The Hall–Kier alpha value is -0.980. The van der Waals surface area contributed by atoms with Gasteiger partial charge in [0.2, 0.25) is 5.91 Å². The number of carbonyl (C=O) groups excluding carboxylic acids is 1. The molecule has 0 atom stereocenters. The molecule has 0 aromatic heterocycles. The molecule has 3 N–H and O–H groups in total. The van der Waals surface area contributed by atoms with Gasteiger partial charge in [-0.15, -0.1) is 0 Å². The van der Waals surface area contributed by atoms with Crippen LogP contribution < -0.4 is 11.1 Å². The highest BCUT2D eigenvalue weighted by molar-refractivity contribution is 14.1. The molecule has 0 bridgehead atoms. The molecule has 4 nitrogen and oxygen atoms in total. The summed E-state index contributed by atoms with van der Waals surface area (Å²) in [6, 6.07) is 5.66. The zero-order chi connectivity index (χ0) is 13.0. The largest absolute Gasteiger partial charge is 0.399 e. The molecular weight excluding hydrogens is 341 g/mol. The minimum Gasteiger partial charge on any atom is -0.399 e. The lowest BCUT2D eigenvalue weighted by atomic mass is 10.1. The minimum absolute atomic E-state index is 0.183. The molecule has 0 radical (unpaired) electrons. The molecule has 0 unspecified atom stereocenters. The zero-order valence-electron chi connectivity index (χ0n) is 10.3. The summed E-state index contributed by atoms with van der Waals surface area (Å²) in [5.74, 6) is 0.183. The monoisotopic (exact) mass is 359 g/mol. The molecule has 1 aromatic rings. The molecule has 5 heteroatoms. The highest BCUT2D eigenvalue weighted by atomic mass is 127. The predicted octanol–water partition coefficient (Wildman–Crippen LogP) is 2.30. The van der Waals surface area contributed by atoms with Gasteiger partial charge >= 0.3 is 0 Å². The summed E-state index contributed by atoms with van der Waals surface area (Å²) in [5, 5.41) is 3.18. The van der Waals surface area contributed by atoms with Crippen molar-refractivity contribution in [3.63, 3.8) is 0 Å². The fourth-order valence-corrected chi connectivity index (χ4v) is 2.83. The minimum atomic E-state index is 0.183. The molecule has 1 aromatic carbocycles. The topological polar surface area (TPSA) is 58.4 Å². The van der Waals surface area contributed by atoms with Gasteiger partial charge in [0.1, 0.15) is 0 Å². The number of likely N-dealkylation sites (tertiary alicyclic amines) is 1. The Bertz CT molecular complexity index is 430. The third kappa shape index (κ3) is 3.51. The Morgan fingerprint density at radius 1 is 1.33 bits per heavy atom. The Balaban J connectivity index is 1.88. The zero-order valence-corrected chi connectivity index (χ0v) is 12.4. The summed E-state index contributed by atoms with van der Waals surface area (Å²) >= 11 is 2.22. The highest BCUT2D eigenvalue weighted by Gasteiger charge is 2.16. The normalized spacial score (nSPS) is 15.5. The second-order valence-electron chi connectivity index (χ2n) is 4.53. The number of nitrogen functional groups attached to an aromatic ring is 1. The molecule has 0 aliphatic carbocycles. The van der Waals surface area contributed by atoms with Crippen molar-refractivity contribution in [1.82, 2.24) is 4.90 Å². The first kappa shape index (κ1) is 13.5. The number of nitrogens with one attached hydrogen (secondary N) is 1. The number of carbonyl (C=O) groups is 1. The summed E-state index contributed by atoms with van der Waals surface area (Å²) in [7, 11) is 0. The van der Waals surface area contributed by atoms with Gasteiger partial charge in [0.25, 0.3) is 0 Å². The number of anilines is 2. The van der Waals surface area contributed by atoms with Crippen LogP contribution in [0.3, 0.4) is 0 Å². The third-order valence-corrected chi connectivity index (χ3v) is 4.02. The quantitative estimate of drug-likeness (QED) is 0.643. The first-order valence-corrected chi connectivity index (χ1v) is 7.31. The first-order valence-electron chi connectivity index (χ1n) is 6.23. The van der Waals surface area contributed by atoms with Gasteiger partial charge in [-0.05, 0) is 60.1 Å². The standard InChI is InChI=1S/C13H18IN3O/c14-11-8-10(15)4-5-12(11)16-9-13(18)17-6-2-1-3-7-17/h4-5,8,16H,1-3,6-7,9,15H2. The van der Waals surface area contributed by atoms with Crippen LogP contribution in [-0.2, 0) is 4.79 Å². The molecule has 1 heterocycles. The Morgan fingerprint density at radius 3 is 2.72 bits per heavy atom. The van der Waals surface area contributed by atoms with Gasteiger partial charge in [0.15, 0.2) is 0 Å². The number of benzene rings is 1. The maximum Gasteiger partial charge on any atom is 0.241 e. The molecular formula is C13H18IN3O. The van der Waals surface area contributed by atoms with E-state index in [-0.39, 0.29) is 5.91 Å². The van der Waals surface area contributed by atoms with E-state index >= 15 is 0 Å². The summed E-state index contributed by atoms with van der Waals surface area (Å²) in [6.45, 7) is 2.17. The lowest BCUT2D eigenvalue weighted by Crippen LogP contribution is -2.39. The molecule has 1 aliphatic heterocycles. The van der Waals surface area contributed by atoms with Crippen LogP contribution in [0.25, 0.3) is 0 Å². The van der Waals surface area contributed by atoms with Gasteiger partial charge in [0, 0.05) is 28.0 Å². The fraction of sp³-hybridized carbons (Fsp3) is 0.462. The van der Waals surface area contributed by atoms with E-state index in [1.165, 1.54) is 6.42 Å². The molecule has 0 saturated carbocycles. The summed E-state index contributed by atoms with van der Waals surface area (Å²) in [4.78, 5) is 13.9. The van der Waals surface area contributed by atoms with Gasteiger partial charge in [-0.1, -0.05) is 0 Å². The van der Waals surface area contributed by atoms with E-state index < -0.39 is 0 Å². The molecule has 18 heavy (non-hydrogen) atoms. The van der Waals surface area contributed by atoms with Gasteiger partial charge < -0.3 is 16.0 Å². The van der Waals surface area contributed by atoms with E-state index in [9.17, 15) is 4.79 Å². The van der Waals surface area contributed by atoms with Crippen molar-refractivity contribution in [2.45, 2.75) is 19.3 Å². The van der Waals surface area contributed by atoms with Gasteiger partial charge in [0.05, 0.1) is 6.54 Å². The molecule has 1 aliphatic rings. The van der Waals surface area contributed by atoms with Crippen molar-refractivity contribution in [3.8, 4) is 0 Å². The Morgan fingerprint density at radius 2 is 2.06 bits per heavy atom. The number of nitrogens with two attached hydrogens (primary N) is 1. The summed E-state index contributed by atoms with van der Waals surface area (Å²) in [6.07, 6.45) is 3.50.